The van der Waals surface area contributed by atoms with Crippen LogP contribution in [0.5, 0.6) is 0 Å². The van der Waals surface area contributed by atoms with Crippen LogP contribution < -0.4 is 10.9 Å². The first-order valence-electron chi connectivity index (χ1n) is 7.06. The number of aryl methyl sites for hydroxylation is 1. The number of amides is 2. The molecule has 2 aromatic carbocycles. The van der Waals surface area contributed by atoms with E-state index in [9.17, 15) is 24.1 Å². The molecule has 124 valence electrons. The standard InChI is InChI=1S/C16H14FN3O4/c1-2-10-3-5-11(6-4-10)15(21)18-19-16(22)12-7-8-13(17)14(9-12)20(23)24/h3-9H,2H2,1H3,(H,18,21)(H,19,22). The number of nitrogens with one attached hydrogen (secondary N) is 2. The largest absolute Gasteiger partial charge is 0.305 e. The zero-order valence-electron chi connectivity index (χ0n) is 12.7. The third kappa shape index (κ3) is 3.92. The highest BCUT2D eigenvalue weighted by Gasteiger charge is 2.18. The molecule has 2 rings (SSSR count). The van der Waals surface area contributed by atoms with E-state index in [1.165, 1.54) is 0 Å². The molecule has 0 aliphatic carbocycles. The van der Waals surface area contributed by atoms with Crippen molar-refractivity contribution >= 4 is 17.5 Å². The fourth-order valence-electron chi connectivity index (χ4n) is 1.94. The molecule has 0 heterocycles. The molecule has 0 aromatic heterocycles. The zero-order chi connectivity index (χ0) is 17.7. The number of nitro groups is 1. The van der Waals surface area contributed by atoms with Gasteiger partial charge in [0.2, 0.25) is 5.82 Å². The van der Waals surface area contributed by atoms with Crippen LogP contribution in [0.1, 0.15) is 33.2 Å². The second-order valence-electron chi connectivity index (χ2n) is 4.88. The number of hydrogen-bond acceptors (Lipinski definition) is 4. The van der Waals surface area contributed by atoms with E-state index < -0.39 is 28.2 Å². The van der Waals surface area contributed by atoms with E-state index in [-0.39, 0.29) is 5.56 Å². The summed E-state index contributed by atoms with van der Waals surface area (Å²) in [5.41, 5.74) is 4.77. The number of hydrazine groups is 1. The summed E-state index contributed by atoms with van der Waals surface area (Å²) in [6.45, 7) is 1.98. The lowest BCUT2D eigenvalue weighted by Gasteiger charge is -2.08. The predicted octanol–water partition coefficient (Wildman–Crippen LogP) is 2.37. The second-order valence-corrected chi connectivity index (χ2v) is 4.88. The molecule has 0 aliphatic heterocycles. The molecular formula is C16H14FN3O4. The van der Waals surface area contributed by atoms with Crippen molar-refractivity contribution in [1.29, 1.82) is 0 Å². The van der Waals surface area contributed by atoms with Crippen LogP contribution in [0.25, 0.3) is 0 Å². The molecule has 2 N–H and O–H groups in total. The summed E-state index contributed by atoms with van der Waals surface area (Å²) in [5.74, 6) is -2.38. The first-order chi connectivity index (χ1) is 11.4. The monoisotopic (exact) mass is 331 g/mol. The van der Waals surface area contributed by atoms with Gasteiger partial charge in [-0.3, -0.25) is 30.6 Å². The lowest BCUT2D eigenvalue weighted by molar-refractivity contribution is -0.387. The normalized spacial score (nSPS) is 10.1. The van der Waals surface area contributed by atoms with Crippen molar-refractivity contribution < 1.29 is 18.9 Å². The lowest BCUT2D eigenvalue weighted by Crippen LogP contribution is -2.41. The Balaban J connectivity index is 2.03. The first-order valence-corrected chi connectivity index (χ1v) is 7.06. The number of hydrogen-bond donors (Lipinski definition) is 2. The highest BCUT2D eigenvalue weighted by Crippen LogP contribution is 2.18. The van der Waals surface area contributed by atoms with E-state index in [0.29, 0.717) is 5.56 Å². The maximum absolute atomic E-state index is 13.2. The van der Waals surface area contributed by atoms with Gasteiger partial charge in [0.05, 0.1) is 4.92 Å². The number of nitro benzene ring substituents is 1. The minimum Gasteiger partial charge on any atom is -0.267 e. The van der Waals surface area contributed by atoms with E-state index in [2.05, 4.69) is 10.9 Å². The molecular weight excluding hydrogens is 317 g/mol. The van der Waals surface area contributed by atoms with Crippen LogP contribution in [-0.2, 0) is 6.42 Å². The van der Waals surface area contributed by atoms with Crippen molar-refractivity contribution in [1.82, 2.24) is 10.9 Å². The van der Waals surface area contributed by atoms with Crippen molar-refractivity contribution in [3.8, 4) is 0 Å². The van der Waals surface area contributed by atoms with Crippen LogP contribution >= 0.6 is 0 Å². The van der Waals surface area contributed by atoms with Gasteiger partial charge >= 0.3 is 5.69 Å². The summed E-state index contributed by atoms with van der Waals surface area (Å²) in [5, 5.41) is 10.7. The summed E-state index contributed by atoms with van der Waals surface area (Å²) in [7, 11) is 0. The molecule has 8 heteroatoms. The van der Waals surface area contributed by atoms with Crippen molar-refractivity contribution in [3.63, 3.8) is 0 Å². The molecule has 0 unspecified atom stereocenters. The molecule has 2 amide bonds. The van der Waals surface area contributed by atoms with Crippen molar-refractivity contribution in [2.24, 2.45) is 0 Å². The minimum absolute atomic E-state index is 0.148. The summed E-state index contributed by atoms with van der Waals surface area (Å²) >= 11 is 0. The van der Waals surface area contributed by atoms with Crippen molar-refractivity contribution in [2.45, 2.75) is 13.3 Å². The summed E-state index contributed by atoms with van der Waals surface area (Å²) in [4.78, 5) is 33.5. The van der Waals surface area contributed by atoms with E-state index >= 15 is 0 Å². The highest BCUT2D eigenvalue weighted by atomic mass is 19.1. The Hall–Kier alpha value is -3.29. The van der Waals surface area contributed by atoms with Crippen LogP contribution in [-0.4, -0.2) is 16.7 Å². The van der Waals surface area contributed by atoms with Gasteiger partial charge in [-0.15, -0.1) is 0 Å². The number of carbonyl (C=O) groups excluding carboxylic acids is 2. The average Bonchev–Trinajstić information content (AvgIpc) is 2.59. The quantitative estimate of drug-likeness (QED) is 0.663. The topological polar surface area (TPSA) is 101 Å². The molecule has 0 saturated carbocycles. The Morgan fingerprint density at radius 1 is 1.04 bits per heavy atom. The van der Waals surface area contributed by atoms with Crippen LogP contribution in [0.3, 0.4) is 0 Å². The molecule has 0 saturated heterocycles. The number of benzene rings is 2. The number of halogens is 1. The molecule has 0 fully saturated rings. The number of carbonyl (C=O) groups is 2. The van der Waals surface area contributed by atoms with Gasteiger partial charge < -0.3 is 0 Å². The zero-order valence-corrected chi connectivity index (χ0v) is 12.7. The number of nitrogens with zero attached hydrogens (tertiary/aromatic N) is 1. The van der Waals surface area contributed by atoms with E-state index in [1.54, 1.807) is 24.3 Å². The van der Waals surface area contributed by atoms with Gasteiger partial charge in [-0.1, -0.05) is 19.1 Å². The molecule has 0 spiro atoms. The minimum atomic E-state index is -1.04. The third-order valence-corrected chi connectivity index (χ3v) is 3.32. The van der Waals surface area contributed by atoms with Gasteiger partial charge in [-0.2, -0.15) is 4.39 Å². The molecule has 24 heavy (non-hydrogen) atoms. The Labute approximate surface area is 136 Å². The van der Waals surface area contributed by atoms with Crippen molar-refractivity contribution in [2.75, 3.05) is 0 Å². The summed E-state index contributed by atoms with van der Waals surface area (Å²) < 4.78 is 13.2. The molecule has 7 nitrogen and oxygen atoms in total. The van der Waals surface area contributed by atoms with Crippen molar-refractivity contribution in [3.05, 3.63) is 75.1 Å². The lowest BCUT2D eigenvalue weighted by atomic mass is 10.1. The van der Waals surface area contributed by atoms with E-state index in [4.69, 9.17) is 0 Å². The van der Waals surface area contributed by atoms with Crippen LogP contribution in [0.4, 0.5) is 10.1 Å². The Morgan fingerprint density at radius 3 is 2.12 bits per heavy atom. The second kappa shape index (κ2) is 7.32. The molecule has 0 radical (unpaired) electrons. The van der Waals surface area contributed by atoms with Gasteiger partial charge in [0.15, 0.2) is 0 Å². The van der Waals surface area contributed by atoms with Crippen LogP contribution in [0, 0.1) is 15.9 Å². The van der Waals surface area contributed by atoms with E-state index in [1.807, 2.05) is 6.92 Å². The SMILES string of the molecule is CCc1ccc(C(=O)NNC(=O)c2ccc(F)c([N+](=O)[O-])c2)cc1. The predicted molar refractivity (Wildman–Crippen MR) is 83.8 cm³/mol. The van der Waals surface area contributed by atoms with E-state index in [0.717, 1.165) is 30.2 Å². The first kappa shape index (κ1) is 17.1. The Morgan fingerprint density at radius 2 is 1.58 bits per heavy atom. The molecule has 0 bridgehead atoms. The van der Waals surface area contributed by atoms with Crippen LogP contribution in [0.15, 0.2) is 42.5 Å². The third-order valence-electron chi connectivity index (χ3n) is 3.32. The molecule has 0 atom stereocenters. The van der Waals surface area contributed by atoms with Gasteiger partial charge in [0, 0.05) is 17.2 Å². The summed E-state index contributed by atoms with van der Waals surface area (Å²) in [6, 6.07) is 9.51. The van der Waals surface area contributed by atoms with Crippen LogP contribution in [0.2, 0.25) is 0 Å². The Bertz CT molecular complexity index is 790. The van der Waals surface area contributed by atoms with Gasteiger partial charge in [-0.05, 0) is 36.2 Å². The van der Waals surface area contributed by atoms with Gasteiger partial charge in [0.25, 0.3) is 11.8 Å². The molecule has 0 aliphatic rings. The number of rotatable bonds is 4. The average molecular weight is 331 g/mol. The Kier molecular flexibility index (Phi) is 5.20. The molecule has 2 aromatic rings. The smallest absolute Gasteiger partial charge is 0.267 e. The maximum Gasteiger partial charge on any atom is 0.305 e. The summed E-state index contributed by atoms with van der Waals surface area (Å²) in [6.07, 6.45) is 0.835. The fourth-order valence-corrected chi connectivity index (χ4v) is 1.94. The fraction of sp³-hybridized carbons (Fsp3) is 0.125. The maximum atomic E-state index is 13.2. The van der Waals surface area contributed by atoms with Gasteiger partial charge in [-0.25, -0.2) is 0 Å². The highest BCUT2D eigenvalue weighted by molar-refractivity contribution is 5.99. The van der Waals surface area contributed by atoms with Gasteiger partial charge in [0.1, 0.15) is 0 Å².